The molecule has 2 aromatic rings. The first-order valence-corrected chi connectivity index (χ1v) is 5.67. The molecular formula is C15H15FO. The van der Waals surface area contributed by atoms with Gasteiger partial charge in [0.1, 0.15) is 5.82 Å². The van der Waals surface area contributed by atoms with Crippen molar-refractivity contribution in [3.8, 4) is 0 Å². The monoisotopic (exact) mass is 230 g/mol. The van der Waals surface area contributed by atoms with Crippen LogP contribution >= 0.6 is 0 Å². The van der Waals surface area contributed by atoms with Crippen LogP contribution in [0.15, 0.2) is 54.6 Å². The van der Waals surface area contributed by atoms with Gasteiger partial charge in [0, 0.05) is 5.92 Å². The fraction of sp³-hybridized carbons (Fsp3) is 0.200. The number of rotatable bonds is 3. The van der Waals surface area contributed by atoms with Crippen molar-refractivity contribution >= 4 is 0 Å². The van der Waals surface area contributed by atoms with Gasteiger partial charge in [-0.15, -0.1) is 0 Å². The van der Waals surface area contributed by atoms with Gasteiger partial charge in [0.25, 0.3) is 0 Å². The molecule has 2 heteroatoms. The maximum absolute atomic E-state index is 12.9. The molecule has 0 bridgehead atoms. The van der Waals surface area contributed by atoms with Gasteiger partial charge in [-0.25, -0.2) is 4.39 Å². The second kappa shape index (κ2) is 5.11. The van der Waals surface area contributed by atoms with Crippen LogP contribution in [0.1, 0.15) is 24.0 Å². The van der Waals surface area contributed by atoms with E-state index in [9.17, 15) is 9.50 Å². The van der Waals surface area contributed by atoms with E-state index in [1.165, 1.54) is 12.1 Å². The molecular weight excluding hydrogens is 215 g/mol. The van der Waals surface area contributed by atoms with Gasteiger partial charge in [-0.1, -0.05) is 42.5 Å². The van der Waals surface area contributed by atoms with Gasteiger partial charge in [0.15, 0.2) is 0 Å². The highest BCUT2D eigenvalue weighted by atomic mass is 19.1. The highest BCUT2D eigenvalue weighted by Crippen LogP contribution is 2.27. The molecule has 2 atom stereocenters. The Balaban J connectivity index is 2.39. The van der Waals surface area contributed by atoms with E-state index in [0.717, 1.165) is 11.1 Å². The van der Waals surface area contributed by atoms with Crippen molar-refractivity contribution in [3.63, 3.8) is 0 Å². The van der Waals surface area contributed by atoms with E-state index >= 15 is 0 Å². The Hall–Kier alpha value is -1.67. The predicted octanol–water partition coefficient (Wildman–Crippen LogP) is 3.34. The molecule has 2 unspecified atom stereocenters. The summed E-state index contributed by atoms with van der Waals surface area (Å²) in [4.78, 5) is 0. The average Bonchev–Trinajstić information content (AvgIpc) is 2.33. The Kier molecular flexibility index (Phi) is 3.55. The largest absolute Gasteiger partial charge is 0.392 e. The molecule has 0 fully saturated rings. The molecule has 0 aromatic heterocycles. The first-order chi connectivity index (χ1) is 8.18. The lowest BCUT2D eigenvalue weighted by Crippen LogP contribution is -2.15. The molecule has 1 N–H and O–H groups in total. The molecule has 0 radical (unpaired) electrons. The van der Waals surface area contributed by atoms with Crippen LogP contribution in [0.5, 0.6) is 0 Å². The standard InChI is InChI=1S/C15H15FO/c1-11(17)15(12-5-3-2-4-6-12)13-7-9-14(16)10-8-13/h2-11,15,17H,1H3. The number of aliphatic hydroxyl groups excluding tert-OH is 1. The molecule has 0 amide bonds. The van der Waals surface area contributed by atoms with Crippen LogP contribution in [0.3, 0.4) is 0 Å². The summed E-state index contributed by atoms with van der Waals surface area (Å²) in [5.41, 5.74) is 1.96. The fourth-order valence-electron chi connectivity index (χ4n) is 2.08. The van der Waals surface area contributed by atoms with Crippen LogP contribution in [-0.2, 0) is 0 Å². The third kappa shape index (κ3) is 2.71. The molecule has 0 saturated heterocycles. The summed E-state index contributed by atoms with van der Waals surface area (Å²) < 4.78 is 12.9. The number of hydrogen-bond donors (Lipinski definition) is 1. The topological polar surface area (TPSA) is 20.2 Å². The quantitative estimate of drug-likeness (QED) is 0.857. The molecule has 0 heterocycles. The number of hydrogen-bond acceptors (Lipinski definition) is 1. The fourth-order valence-corrected chi connectivity index (χ4v) is 2.08. The Labute approximate surface area is 101 Å². The molecule has 0 spiro atoms. The van der Waals surface area contributed by atoms with Crippen molar-refractivity contribution < 1.29 is 9.50 Å². The Morgan fingerprint density at radius 1 is 0.882 bits per heavy atom. The van der Waals surface area contributed by atoms with Gasteiger partial charge in [0.05, 0.1) is 6.10 Å². The zero-order chi connectivity index (χ0) is 12.3. The van der Waals surface area contributed by atoms with Gasteiger partial charge in [-0.2, -0.15) is 0 Å². The maximum Gasteiger partial charge on any atom is 0.123 e. The molecule has 0 aliphatic rings. The van der Waals surface area contributed by atoms with E-state index in [0.29, 0.717) is 0 Å². The van der Waals surface area contributed by atoms with Gasteiger partial charge in [0.2, 0.25) is 0 Å². The predicted molar refractivity (Wildman–Crippen MR) is 66.4 cm³/mol. The van der Waals surface area contributed by atoms with Gasteiger partial charge >= 0.3 is 0 Å². The third-order valence-electron chi connectivity index (χ3n) is 2.87. The Morgan fingerprint density at radius 3 is 1.94 bits per heavy atom. The molecule has 2 rings (SSSR count). The van der Waals surface area contributed by atoms with Crippen molar-refractivity contribution in [3.05, 3.63) is 71.5 Å². The summed E-state index contributed by atoms with van der Waals surface area (Å²) in [6.07, 6.45) is -0.511. The van der Waals surface area contributed by atoms with Crippen LogP contribution < -0.4 is 0 Å². The highest BCUT2D eigenvalue weighted by molar-refractivity contribution is 5.33. The molecule has 88 valence electrons. The highest BCUT2D eigenvalue weighted by Gasteiger charge is 2.19. The first-order valence-electron chi connectivity index (χ1n) is 5.67. The first kappa shape index (κ1) is 11.8. The smallest absolute Gasteiger partial charge is 0.123 e. The van der Waals surface area contributed by atoms with E-state index < -0.39 is 6.10 Å². The van der Waals surface area contributed by atoms with Crippen molar-refractivity contribution in [1.29, 1.82) is 0 Å². The summed E-state index contributed by atoms with van der Waals surface area (Å²) in [5.74, 6) is -0.372. The number of halogens is 1. The second-order valence-electron chi connectivity index (χ2n) is 4.18. The van der Waals surface area contributed by atoms with Gasteiger partial charge < -0.3 is 5.11 Å². The molecule has 1 nitrogen and oxygen atoms in total. The van der Waals surface area contributed by atoms with Crippen molar-refractivity contribution in [1.82, 2.24) is 0 Å². The van der Waals surface area contributed by atoms with Crippen molar-refractivity contribution in [2.24, 2.45) is 0 Å². The summed E-state index contributed by atoms with van der Waals surface area (Å²) >= 11 is 0. The Bertz CT molecular complexity index is 462. The Morgan fingerprint density at radius 2 is 1.41 bits per heavy atom. The summed E-state index contributed by atoms with van der Waals surface area (Å²) in [7, 11) is 0. The minimum absolute atomic E-state index is 0.114. The zero-order valence-corrected chi connectivity index (χ0v) is 9.68. The molecule has 2 aromatic carbocycles. The zero-order valence-electron chi connectivity index (χ0n) is 9.68. The maximum atomic E-state index is 12.9. The number of benzene rings is 2. The number of aliphatic hydroxyl groups is 1. The average molecular weight is 230 g/mol. The van der Waals surface area contributed by atoms with E-state index in [1.807, 2.05) is 30.3 Å². The molecule has 0 aliphatic heterocycles. The summed E-state index contributed by atoms with van der Waals surface area (Å²) in [6.45, 7) is 1.75. The van der Waals surface area contributed by atoms with E-state index in [-0.39, 0.29) is 11.7 Å². The normalized spacial score (nSPS) is 14.3. The van der Waals surface area contributed by atoms with Crippen LogP contribution in [0, 0.1) is 5.82 Å². The van der Waals surface area contributed by atoms with Crippen molar-refractivity contribution in [2.45, 2.75) is 18.9 Å². The SMILES string of the molecule is CC(O)C(c1ccccc1)c1ccc(F)cc1. The van der Waals surface area contributed by atoms with E-state index in [1.54, 1.807) is 19.1 Å². The van der Waals surface area contributed by atoms with E-state index in [4.69, 9.17) is 0 Å². The lowest BCUT2D eigenvalue weighted by molar-refractivity contribution is 0.176. The van der Waals surface area contributed by atoms with Crippen LogP contribution in [0.4, 0.5) is 4.39 Å². The van der Waals surface area contributed by atoms with Crippen LogP contribution in [-0.4, -0.2) is 11.2 Å². The van der Waals surface area contributed by atoms with Gasteiger partial charge in [-0.3, -0.25) is 0 Å². The second-order valence-corrected chi connectivity index (χ2v) is 4.18. The lowest BCUT2D eigenvalue weighted by atomic mass is 9.87. The third-order valence-corrected chi connectivity index (χ3v) is 2.87. The van der Waals surface area contributed by atoms with Crippen LogP contribution in [0.2, 0.25) is 0 Å². The van der Waals surface area contributed by atoms with E-state index in [2.05, 4.69) is 0 Å². The lowest BCUT2D eigenvalue weighted by Gasteiger charge is -2.20. The summed E-state index contributed by atoms with van der Waals surface area (Å²) in [6, 6.07) is 16.1. The molecule has 17 heavy (non-hydrogen) atoms. The summed E-state index contributed by atoms with van der Waals surface area (Å²) in [5, 5.41) is 9.89. The molecule has 0 aliphatic carbocycles. The minimum atomic E-state index is -0.511. The molecule has 0 saturated carbocycles. The van der Waals surface area contributed by atoms with Crippen LogP contribution in [0.25, 0.3) is 0 Å². The van der Waals surface area contributed by atoms with Gasteiger partial charge in [-0.05, 0) is 30.2 Å². The minimum Gasteiger partial charge on any atom is -0.392 e. The van der Waals surface area contributed by atoms with Crippen molar-refractivity contribution in [2.75, 3.05) is 0 Å².